The van der Waals surface area contributed by atoms with E-state index >= 15 is 0 Å². The molecule has 1 spiro atoms. The van der Waals surface area contributed by atoms with Crippen LogP contribution in [0.3, 0.4) is 0 Å². The van der Waals surface area contributed by atoms with Crippen LogP contribution in [0.4, 0.5) is 0 Å². The van der Waals surface area contributed by atoms with Crippen LogP contribution in [0.1, 0.15) is 37.7 Å². The largest absolute Gasteiger partial charge is 0.317 e. The summed E-state index contributed by atoms with van der Waals surface area (Å²) in [6.45, 7) is 7.30. The summed E-state index contributed by atoms with van der Waals surface area (Å²) in [6.07, 6.45) is 6.87. The van der Waals surface area contributed by atoms with Crippen molar-refractivity contribution in [3.63, 3.8) is 0 Å². The topological polar surface area (TPSA) is 18.5 Å². The maximum Gasteiger partial charge on any atom is 0.0467 e. The summed E-state index contributed by atoms with van der Waals surface area (Å²) in [4.78, 5) is 5.31. The molecule has 1 saturated carbocycles. The van der Waals surface area contributed by atoms with E-state index in [0.717, 1.165) is 0 Å². The van der Waals surface area contributed by atoms with E-state index in [9.17, 15) is 0 Å². The molecule has 126 valence electrons. The monoisotopic (exact) mass is 313 g/mol. The van der Waals surface area contributed by atoms with Gasteiger partial charge < -0.3 is 10.2 Å². The molecule has 2 heterocycles. The highest BCUT2D eigenvalue weighted by atomic mass is 15.3. The molecule has 1 unspecified atom stereocenters. The SMILES string of the molecule is CN1CCN(C2(c3ccccc3)CCC3(CCNCC3)C2)CC1. The molecule has 0 amide bonds. The fourth-order valence-corrected chi connectivity index (χ4v) is 5.33. The molecule has 4 rings (SSSR count). The molecule has 0 aromatic heterocycles. The van der Waals surface area contributed by atoms with E-state index in [-0.39, 0.29) is 0 Å². The summed E-state index contributed by atoms with van der Waals surface area (Å²) in [6, 6.07) is 11.4. The van der Waals surface area contributed by atoms with Gasteiger partial charge in [0.05, 0.1) is 0 Å². The van der Waals surface area contributed by atoms with Crippen LogP contribution < -0.4 is 5.32 Å². The summed E-state index contributed by atoms with van der Waals surface area (Å²) >= 11 is 0. The second-order valence-electron chi connectivity index (χ2n) is 8.11. The van der Waals surface area contributed by atoms with Gasteiger partial charge in [-0.15, -0.1) is 0 Å². The highest BCUT2D eigenvalue weighted by Gasteiger charge is 2.52. The van der Waals surface area contributed by atoms with Gasteiger partial charge in [-0.3, -0.25) is 4.90 Å². The van der Waals surface area contributed by atoms with Crippen molar-refractivity contribution in [1.82, 2.24) is 15.1 Å². The Morgan fingerprint density at radius 3 is 2.26 bits per heavy atom. The van der Waals surface area contributed by atoms with E-state index in [4.69, 9.17) is 0 Å². The Bertz CT molecular complexity index is 515. The standard InChI is InChI=1S/C20H31N3/c1-22-13-15-23(16-14-22)20(18-5-3-2-4-6-18)8-7-19(17-20)9-11-21-12-10-19/h2-6,21H,7-17H2,1H3. The number of nitrogens with zero attached hydrogens (tertiary/aromatic N) is 2. The Balaban J connectivity index is 1.65. The van der Waals surface area contributed by atoms with E-state index < -0.39 is 0 Å². The molecular formula is C20H31N3. The Morgan fingerprint density at radius 2 is 1.57 bits per heavy atom. The second kappa shape index (κ2) is 6.19. The third-order valence-corrected chi connectivity index (χ3v) is 6.82. The zero-order valence-electron chi connectivity index (χ0n) is 14.6. The molecule has 0 radical (unpaired) electrons. The van der Waals surface area contributed by atoms with Crippen LogP contribution in [0.15, 0.2) is 30.3 Å². The lowest BCUT2D eigenvalue weighted by Crippen LogP contribution is -2.54. The summed E-state index contributed by atoms with van der Waals surface area (Å²) in [5, 5.41) is 3.57. The van der Waals surface area contributed by atoms with Crippen LogP contribution in [-0.4, -0.2) is 56.1 Å². The van der Waals surface area contributed by atoms with Crippen molar-refractivity contribution in [1.29, 1.82) is 0 Å². The van der Waals surface area contributed by atoms with Gasteiger partial charge in [-0.2, -0.15) is 0 Å². The first-order chi connectivity index (χ1) is 11.2. The summed E-state index contributed by atoms with van der Waals surface area (Å²) < 4.78 is 0. The van der Waals surface area contributed by atoms with E-state index in [2.05, 4.69) is 52.5 Å². The van der Waals surface area contributed by atoms with Gasteiger partial charge in [-0.1, -0.05) is 30.3 Å². The smallest absolute Gasteiger partial charge is 0.0467 e. The van der Waals surface area contributed by atoms with Crippen molar-refractivity contribution in [2.75, 3.05) is 46.3 Å². The number of likely N-dealkylation sites (N-methyl/N-ethyl adjacent to an activating group) is 1. The molecule has 3 fully saturated rings. The Hall–Kier alpha value is -0.900. The Morgan fingerprint density at radius 1 is 0.870 bits per heavy atom. The van der Waals surface area contributed by atoms with Gasteiger partial charge in [-0.25, -0.2) is 0 Å². The fraction of sp³-hybridized carbons (Fsp3) is 0.700. The average Bonchev–Trinajstić information content (AvgIpc) is 2.97. The minimum atomic E-state index is 0.292. The fourth-order valence-electron chi connectivity index (χ4n) is 5.33. The summed E-state index contributed by atoms with van der Waals surface area (Å²) in [5.74, 6) is 0. The van der Waals surface area contributed by atoms with Gasteiger partial charge in [-0.05, 0) is 63.2 Å². The van der Waals surface area contributed by atoms with Crippen molar-refractivity contribution in [3.05, 3.63) is 35.9 Å². The molecule has 0 bridgehead atoms. The van der Waals surface area contributed by atoms with Crippen LogP contribution in [-0.2, 0) is 5.54 Å². The van der Waals surface area contributed by atoms with Crippen LogP contribution in [0.5, 0.6) is 0 Å². The number of hydrogen-bond donors (Lipinski definition) is 1. The molecule has 1 atom stereocenters. The second-order valence-corrected chi connectivity index (χ2v) is 8.11. The Labute approximate surface area is 141 Å². The predicted octanol–water partition coefficient (Wildman–Crippen LogP) is 2.68. The number of hydrogen-bond acceptors (Lipinski definition) is 3. The van der Waals surface area contributed by atoms with E-state index in [1.807, 2.05) is 0 Å². The molecule has 2 saturated heterocycles. The minimum absolute atomic E-state index is 0.292. The number of nitrogens with one attached hydrogen (secondary N) is 1. The number of piperidine rings is 1. The molecule has 1 N–H and O–H groups in total. The van der Waals surface area contributed by atoms with Gasteiger partial charge in [0.15, 0.2) is 0 Å². The average molecular weight is 313 g/mol. The third kappa shape index (κ3) is 2.84. The van der Waals surface area contributed by atoms with Crippen LogP contribution in [0, 0.1) is 5.41 Å². The summed E-state index contributed by atoms with van der Waals surface area (Å²) in [7, 11) is 2.26. The maximum atomic E-state index is 3.57. The number of rotatable bonds is 2. The van der Waals surface area contributed by atoms with Gasteiger partial charge in [0.1, 0.15) is 0 Å². The van der Waals surface area contributed by atoms with Crippen molar-refractivity contribution < 1.29 is 0 Å². The third-order valence-electron chi connectivity index (χ3n) is 6.82. The highest BCUT2D eigenvalue weighted by molar-refractivity contribution is 5.28. The van der Waals surface area contributed by atoms with E-state index in [1.165, 1.54) is 71.4 Å². The van der Waals surface area contributed by atoms with Gasteiger partial charge in [0.2, 0.25) is 0 Å². The molecule has 1 aliphatic carbocycles. The highest BCUT2D eigenvalue weighted by Crippen LogP contribution is 2.56. The zero-order valence-corrected chi connectivity index (χ0v) is 14.6. The number of piperazine rings is 1. The molecule has 2 aliphatic heterocycles. The van der Waals surface area contributed by atoms with Crippen LogP contribution in [0.25, 0.3) is 0 Å². The molecule has 23 heavy (non-hydrogen) atoms. The minimum Gasteiger partial charge on any atom is -0.317 e. The van der Waals surface area contributed by atoms with Crippen LogP contribution in [0.2, 0.25) is 0 Å². The van der Waals surface area contributed by atoms with Gasteiger partial charge in [0, 0.05) is 31.7 Å². The van der Waals surface area contributed by atoms with Crippen LogP contribution >= 0.6 is 0 Å². The molecule has 3 aliphatic rings. The lowest BCUT2D eigenvalue weighted by molar-refractivity contribution is 0.0278. The number of benzene rings is 1. The maximum absolute atomic E-state index is 3.57. The predicted molar refractivity (Wildman–Crippen MR) is 95.6 cm³/mol. The molecule has 1 aromatic rings. The van der Waals surface area contributed by atoms with Crippen molar-refractivity contribution in [3.8, 4) is 0 Å². The first kappa shape index (κ1) is 15.6. The van der Waals surface area contributed by atoms with E-state index in [0.29, 0.717) is 11.0 Å². The first-order valence-electron chi connectivity index (χ1n) is 9.42. The molecule has 1 aromatic carbocycles. The Kier molecular flexibility index (Phi) is 4.21. The quantitative estimate of drug-likeness (QED) is 0.905. The lowest BCUT2D eigenvalue weighted by Gasteiger charge is -2.47. The zero-order chi connectivity index (χ0) is 15.8. The lowest BCUT2D eigenvalue weighted by atomic mass is 9.74. The van der Waals surface area contributed by atoms with Crippen molar-refractivity contribution in [2.24, 2.45) is 5.41 Å². The van der Waals surface area contributed by atoms with Gasteiger partial charge >= 0.3 is 0 Å². The molecular weight excluding hydrogens is 282 g/mol. The molecule has 3 nitrogen and oxygen atoms in total. The first-order valence-corrected chi connectivity index (χ1v) is 9.42. The normalized spacial score (nSPS) is 32.4. The van der Waals surface area contributed by atoms with Gasteiger partial charge in [0.25, 0.3) is 0 Å². The van der Waals surface area contributed by atoms with Crippen molar-refractivity contribution in [2.45, 2.75) is 37.6 Å². The summed E-state index contributed by atoms with van der Waals surface area (Å²) in [5.41, 5.74) is 2.45. The van der Waals surface area contributed by atoms with Crippen molar-refractivity contribution >= 4 is 0 Å². The van der Waals surface area contributed by atoms with E-state index in [1.54, 1.807) is 5.56 Å². The molecule has 3 heteroatoms.